The number of rotatable bonds is 5. The van der Waals surface area contributed by atoms with Gasteiger partial charge in [-0.25, -0.2) is 8.78 Å². The lowest BCUT2D eigenvalue weighted by Crippen LogP contribution is -2.62. The van der Waals surface area contributed by atoms with Gasteiger partial charge >= 0.3 is 0 Å². The van der Waals surface area contributed by atoms with Crippen LogP contribution in [0.3, 0.4) is 0 Å². The van der Waals surface area contributed by atoms with Crippen molar-refractivity contribution < 1.29 is 33.9 Å². The number of ether oxygens (including phenoxy) is 1. The largest absolute Gasteiger partial charge is 0.395 e. The fourth-order valence-electron chi connectivity index (χ4n) is 3.72. The number of hydrogen-bond donors (Lipinski definition) is 4. The van der Waals surface area contributed by atoms with E-state index >= 15 is 0 Å². The van der Waals surface area contributed by atoms with Gasteiger partial charge in [0.2, 0.25) is 0 Å². The van der Waals surface area contributed by atoms with E-state index in [-0.39, 0.29) is 25.1 Å². The lowest BCUT2D eigenvalue weighted by Gasteiger charge is -2.43. The maximum Gasteiger partial charge on any atom is 0.131 e. The van der Waals surface area contributed by atoms with Gasteiger partial charge in [0.1, 0.15) is 23.8 Å². The third kappa shape index (κ3) is 4.39. The Labute approximate surface area is 156 Å². The maximum absolute atomic E-state index is 14.5. The predicted octanol–water partition coefficient (Wildman–Crippen LogP) is -0.897. The summed E-state index contributed by atoms with van der Waals surface area (Å²) >= 11 is 0. The molecule has 2 aliphatic rings. The highest BCUT2D eigenvalue weighted by Crippen LogP contribution is 2.25. The number of halogens is 2. The number of anilines is 1. The van der Waals surface area contributed by atoms with E-state index in [1.807, 2.05) is 4.90 Å². The number of β-amino-alcohol motifs (C(OH)–C–C–N with tert-alkyl or cyclic N) is 1. The Kier molecular flexibility index (Phi) is 6.61. The SMILES string of the molecule is OC[C@@H]1[C@@H](O)[C@H](O)[C@@H](O)CN1CCc1c(F)cc(N2CCOCC2)cc1F. The van der Waals surface area contributed by atoms with Crippen molar-refractivity contribution >= 4 is 5.69 Å². The smallest absolute Gasteiger partial charge is 0.131 e. The molecule has 1 aromatic carbocycles. The van der Waals surface area contributed by atoms with Crippen molar-refractivity contribution in [2.45, 2.75) is 30.8 Å². The quantitative estimate of drug-likeness (QED) is 0.519. The zero-order chi connectivity index (χ0) is 19.6. The van der Waals surface area contributed by atoms with Crippen LogP contribution in [-0.2, 0) is 11.2 Å². The number of aliphatic hydroxyl groups excluding tert-OH is 4. The predicted molar refractivity (Wildman–Crippen MR) is 93.6 cm³/mol. The monoisotopic (exact) mass is 388 g/mol. The van der Waals surface area contributed by atoms with Crippen LogP contribution in [0.2, 0.25) is 0 Å². The number of aliphatic hydroxyl groups is 4. The van der Waals surface area contributed by atoms with Crippen molar-refractivity contribution in [3.05, 3.63) is 29.3 Å². The average Bonchev–Trinajstić information content (AvgIpc) is 2.66. The van der Waals surface area contributed by atoms with Crippen LogP contribution in [0.5, 0.6) is 0 Å². The van der Waals surface area contributed by atoms with Gasteiger partial charge in [0.15, 0.2) is 0 Å². The minimum absolute atomic E-state index is 0.00144. The lowest BCUT2D eigenvalue weighted by atomic mass is 9.93. The van der Waals surface area contributed by atoms with Gasteiger partial charge in [-0.3, -0.25) is 4.90 Å². The third-order valence-corrected chi connectivity index (χ3v) is 5.37. The Morgan fingerprint density at radius 1 is 1.04 bits per heavy atom. The molecule has 9 heteroatoms. The Morgan fingerprint density at radius 3 is 2.26 bits per heavy atom. The minimum Gasteiger partial charge on any atom is -0.395 e. The summed E-state index contributed by atoms with van der Waals surface area (Å²) in [7, 11) is 0. The number of nitrogens with zero attached hydrogens (tertiary/aromatic N) is 2. The molecule has 0 spiro atoms. The van der Waals surface area contributed by atoms with Crippen LogP contribution in [0.25, 0.3) is 0 Å². The van der Waals surface area contributed by atoms with Gasteiger partial charge in [-0.05, 0) is 18.6 Å². The zero-order valence-electron chi connectivity index (χ0n) is 15.0. The molecule has 0 saturated carbocycles. The molecule has 1 aromatic rings. The van der Waals surface area contributed by atoms with Gasteiger partial charge in [-0.15, -0.1) is 0 Å². The van der Waals surface area contributed by atoms with Crippen LogP contribution in [0, 0.1) is 11.6 Å². The van der Waals surface area contributed by atoms with Crippen molar-refractivity contribution in [1.82, 2.24) is 4.90 Å². The Balaban J connectivity index is 1.70. The van der Waals surface area contributed by atoms with E-state index in [1.54, 1.807) is 0 Å². The maximum atomic E-state index is 14.5. The van der Waals surface area contributed by atoms with Crippen molar-refractivity contribution in [1.29, 1.82) is 0 Å². The molecular formula is C18H26F2N2O5. The summed E-state index contributed by atoms with van der Waals surface area (Å²) in [6, 6.07) is 1.80. The van der Waals surface area contributed by atoms with E-state index < -0.39 is 42.6 Å². The Bertz CT molecular complexity index is 621. The normalized spacial score (nSPS) is 29.9. The highest BCUT2D eigenvalue weighted by atomic mass is 19.1. The first-order valence-electron chi connectivity index (χ1n) is 9.12. The molecule has 4 atom stereocenters. The molecule has 0 aromatic heterocycles. The highest BCUT2D eigenvalue weighted by Gasteiger charge is 2.40. The van der Waals surface area contributed by atoms with Crippen LogP contribution in [0.15, 0.2) is 12.1 Å². The minimum atomic E-state index is -1.36. The summed E-state index contributed by atoms with van der Waals surface area (Å²) in [4.78, 5) is 3.40. The summed E-state index contributed by atoms with van der Waals surface area (Å²) in [5.41, 5.74) is 0.385. The molecule has 3 rings (SSSR count). The number of likely N-dealkylation sites (tertiary alicyclic amines) is 1. The fraction of sp³-hybridized carbons (Fsp3) is 0.667. The van der Waals surface area contributed by atoms with Gasteiger partial charge < -0.3 is 30.1 Å². The van der Waals surface area contributed by atoms with Crippen LogP contribution in [0.1, 0.15) is 5.56 Å². The van der Waals surface area contributed by atoms with Gasteiger partial charge in [-0.2, -0.15) is 0 Å². The van der Waals surface area contributed by atoms with Gasteiger partial charge in [0.25, 0.3) is 0 Å². The van der Waals surface area contributed by atoms with Crippen LogP contribution >= 0.6 is 0 Å². The lowest BCUT2D eigenvalue weighted by molar-refractivity contribution is -0.144. The topological polar surface area (TPSA) is 96.6 Å². The first kappa shape index (κ1) is 20.4. The molecule has 2 aliphatic heterocycles. The standard InChI is InChI=1S/C18H26F2N2O5/c19-13-7-11(21-3-5-27-6-4-21)8-14(20)12(13)1-2-22-9-16(24)18(26)17(25)15(22)10-23/h7-8,15-18,23-26H,1-6,9-10H2/t15-,16+,17-,18-/m1/s1. The first-order valence-corrected chi connectivity index (χ1v) is 9.12. The summed E-state index contributed by atoms with van der Waals surface area (Å²) in [5.74, 6) is -1.31. The Morgan fingerprint density at radius 2 is 1.67 bits per heavy atom. The molecule has 7 nitrogen and oxygen atoms in total. The molecule has 0 radical (unpaired) electrons. The molecule has 2 saturated heterocycles. The van der Waals surface area contributed by atoms with E-state index in [9.17, 15) is 29.2 Å². The number of morpholine rings is 1. The molecular weight excluding hydrogens is 362 g/mol. The summed E-state index contributed by atoms with van der Waals surface area (Å²) in [5, 5.41) is 39.0. The van der Waals surface area contributed by atoms with Gasteiger partial charge in [0.05, 0.1) is 32.0 Å². The number of piperidine rings is 1. The van der Waals surface area contributed by atoms with Crippen molar-refractivity contribution in [3.8, 4) is 0 Å². The molecule has 2 heterocycles. The molecule has 27 heavy (non-hydrogen) atoms. The number of hydrogen-bond acceptors (Lipinski definition) is 7. The van der Waals surface area contributed by atoms with Crippen molar-refractivity contribution in [3.63, 3.8) is 0 Å². The van der Waals surface area contributed by atoms with E-state index in [4.69, 9.17) is 4.74 Å². The molecule has 0 aliphatic carbocycles. The molecule has 152 valence electrons. The first-order chi connectivity index (χ1) is 12.9. The number of benzene rings is 1. The van der Waals surface area contributed by atoms with Crippen molar-refractivity contribution in [2.24, 2.45) is 0 Å². The second kappa shape index (κ2) is 8.76. The van der Waals surface area contributed by atoms with Gasteiger partial charge in [-0.1, -0.05) is 0 Å². The van der Waals surface area contributed by atoms with E-state index in [0.717, 1.165) is 0 Å². The molecule has 0 unspecified atom stereocenters. The molecule has 0 amide bonds. The summed E-state index contributed by atoms with van der Waals surface area (Å²) < 4.78 is 34.3. The van der Waals surface area contributed by atoms with Crippen LogP contribution < -0.4 is 4.90 Å². The third-order valence-electron chi connectivity index (χ3n) is 5.37. The highest BCUT2D eigenvalue weighted by molar-refractivity contribution is 5.49. The molecule has 0 bridgehead atoms. The van der Waals surface area contributed by atoms with E-state index in [1.165, 1.54) is 17.0 Å². The second-order valence-electron chi connectivity index (χ2n) is 7.03. The second-order valence-corrected chi connectivity index (χ2v) is 7.03. The molecule has 2 fully saturated rings. The van der Waals surface area contributed by atoms with E-state index in [2.05, 4.69) is 0 Å². The zero-order valence-corrected chi connectivity index (χ0v) is 15.0. The summed E-state index contributed by atoms with van der Waals surface area (Å²) in [6.45, 7) is 1.85. The molecule has 4 N–H and O–H groups in total. The summed E-state index contributed by atoms with van der Waals surface area (Å²) in [6.07, 6.45) is -3.88. The Hall–Kier alpha value is -1.36. The van der Waals surface area contributed by atoms with Crippen molar-refractivity contribution in [2.75, 3.05) is 50.9 Å². The van der Waals surface area contributed by atoms with Crippen LogP contribution in [-0.4, -0.2) is 95.7 Å². The fourth-order valence-corrected chi connectivity index (χ4v) is 3.72. The van der Waals surface area contributed by atoms with Crippen LogP contribution in [0.4, 0.5) is 14.5 Å². The van der Waals surface area contributed by atoms with Gasteiger partial charge in [0, 0.05) is 37.4 Å². The average molecular weight is 388 g/mol. The van der Waals surface area contributed by atoms with E-state index in [0.29, 0.717) is 32.0 Å².